The van der Waals surface area contributed by atoms with Gasteiger partial charge in [-0.05, 0) is 42.9 Å². The van der Waals surface area contributed by atoms with Crippen LogP contribution in [0.3, 0.4) is 0 Å². The fourth-order valence-electron chi connectivity index (χ4n) is 4.23. The lowest BCUT2D eigenvalue weighted by Crippen LogP contribution is -2.53. The number of carbonyl (C=O) groups is 1. The van der Waals surface area contributed by atoms with E-state index in [-0.39, 0.29) is 17.3 Å². The number of likely N-dealkylation sites (tertiary alicyclic amines) is 1. The summed E-state index contributed by atoms with van der Waals surface area (Å²) in [6.07, 6.45) is 10.2. The van der Waals surface area contributed by atoms with Crippen molar-refractivity contribution in [2.24, 2.45) is 5.92 Å². The molecule has 1 aliphatic carbocycles. The van der Waals surface area contributed by atoms with E-state index in [4.69, 9.17) is 0 Å². The first-order chi connectivity index (χ1) is 11.8. The van der Waals surface area contributed by atoms with Crippen molar-refractivity contribution in [1.29, 1.82) is 0 Å². The summed E-state index contributed by atoms with van der Waals surface area (Å²) < 4.78 is 1.54. The fourth-order valence-corrected chi connectivity index (χ4v) is 4.23. The number of aromatic nitrogens is 5. The standard InChI is InChI=1S/C17H16N6O/c24-15(14-20-16-19-8-2-9-23(16)21-14)22-10-5-12-4-6-17(12,22)13-3-1-7-18-11-13/h1-3,7-9,11-12H,4-6,10H2/t12-,17-/m0/s1. The van der Waals surface area contributed by atoms with Crippen LogP contribution in [0.25, 0.3) is 5.78 Å². The maximum absolute atomic E-state index is 13.1. The predicted octanol–water partition coefficient (Wildman–Crippen LogP) is 1.67. The van der Waals surface area contributed by atoms with Crippen LogP contribution in [-0.4, -0.2) is 41.9 Å². The van der Waals surface area contributed by atoms with Crippen LogP contribution in [0, 0.1) is 5.92 Å². The number of fused-ring (bicyclic) bond motifs is 2. The van der Waals surface area contributed by atoms with Crippen LogP contribution in [0.1, 0.15) is 35.4 Å². The maximum Gasteiger partial charge on any atom is 0.294 e. The normalized spacial score (nSPS) is 25.5. The molecular formula is C17H16N6O. The Morgan fingerprint density at radius 3 is 2.96 bits per heavy atom. The van der Waals surface area contributed by atoms with Crippen molar-refractivity contribution < 1.29 is 4.79 Å². The Balaban J connectivity index is 1.56. The molecule has 1 saturated heterocycles. The molecule has 0 radical (unpaired) electrons. The van der Waals surface area contributed by atoms with E-state index < -0.39 is 0 Å². The number of carbonyl (C=O) groups excluding carboxylic acids is 1. The zero-order valence-corrected chi connectivity index (χ0v) is 13.0. The SMILES string of the molecule is O=C(c1nc2ncccn2n1)N1CC[C@@H]2CC[C@@]21c1cccnc1. The van der Waals surface area contributed by atoms with Gasteiger partial charge in [0.1, 0.15) is 0 Å². The van der Waals surface area contributed by atoms with Crippen LogP contribution < -0.4 is 0 Å². The molecule has 5 rings (SSSR count). The average Bonchev–Trinajstić information content (AvgIpc) is 3.14. The Morgan fingerprint density at radius 1 is 1.25 bits per heavy atom. The van der Waals surface area contributed by atoms with Gasteiger partial charge < -0.3 is 4.90 Å². The Kier molecular flexibility index (Phi) is 2.74. The van der Waals surface area contributed by atoms with Gasteiger partial charge in [-0.25, -0.2) is 9.50 Å². The zero-order chi connectivity index (χ0) is 16.1. The number of pyridine rings is 1. The molecule has 3 aromatic heterocycles. The van der Waals surface area contributed by atoms with E-state index in [2.05, 4.69) is 26.1 Å². The van der Waals surface area contributed by atoms with Gasteiger partial charge >= 0.3 is 0 Å². The molecule has 0 spiro atoms. The lowest BCUT2D eigenvalue weighted by Gasteiger charge is -2.50. The second kappa shape index (κ2) is 4.83. The molecule has 0 unspecified atom stereocenters. The van der Waals surface area contributed by atoms with Crippen molar-refractivity contribution in [1.82, 2.24) is 29.5 Å². The molecule has 24 heavy (non-hydrogen) atoms. The van der Waals surface area contributed by atoms with Gasteiger partial charge in [-0.1, -0.05) is 6.07 Å². The summed E-state index contributed by atoms with van der Waals surface area (Å²) >= 11 is 0. The molecule has 7 heteroatoms. The van der Waals surface area contributed by atoms with E-state index in [1.165, 1.54) is 4.52 Å². The summed E-state index contributed by atoms with van der Waals surface area (Å²) in [6.45, 7) is 0.737. The molecule has 1 saturated carbocycles. The fraction of sp³-hybridized carbons (Fsp3) is 0.353. The molecule has 120 valence electrons. The quantitative estimate of drug-likeness (QED) is 0.718. The predicted molar refractivity (Wildman–Crippen MR) is 85.1 cm³/mol. The lowest BCUT2D eigenvalue weighted by molar-refractivity contribution is 0.0133. The molecule has 1 aliphatic heterocycles. The van der Waals surface area contributed by atoms with Crippen LogP contribution in [0.4, 0.5) is 0 Å². The number of nitrogens with zero attached hydrogens (tertiary/aromatic N) is 6. The van der Waals surface area contributed by atoms with Crippen molar-refractivity contribution in [2.75, 3.05) is 6.54 Å². The van der Waals surface area contributed by atoms with E-state index >= 15 is 0 Å². The first-order valence-corrected chi connectivity index (χ1v) is 8.19. The van der Waals surface area contributed by atoms with Gasteiger partial charge in [0.05, 0.1) is 5.54 Å². The molecule has 2 atom stereocenters. The third-order valence-corrected chi connectivity index (χ3v) is 5.45. The van der Waals surface area contributed by atoms with Crippen molar-refractivity contribution >= 4 is 11.7 Å². The van der Waals surface area contributed by atoms with Crippen molar-refractivity contribution in [3.63, 3.8) is 0 Å². The van der Waals surface area contributed by atoms with E-state index in [9.17, 15) is 4.79 Å². The highest BCUT2D eigenvalue weighted by atomic mass is 16.2. The van der Waals surface area contributed by atoms with Crippen LogP contribution in [-0.2, 0) is 5.54 Å². The van der Waals surface area contributed by atoms with Crippen LogP contribution in [0.5, 0.6) is 0 Å². The van der Waals surface area contributed by atoms with Gasteiger partial charge in [0.2, 0.25) is 5.82 Å². The highest BCUT2D eigenvalue weighted by Gasteiger charge is 2.58. The summed E-state index contributed by atoms with van der Waals surface area (Å²) in [6, 6.07) is 5.78. The first-order valence-electron chi connectivity index (χ1n) is 8.19. The van der Waals surface area contributed by atoms with Crippen LogP contribution in [0.2, 0.25) is 0 Å². The molecule has 2 aliphatic rings. The van der Waals surface area contributed by atoms with Gasteiger partial charge in [0, 0.05) is 31.3 Å². The molecule has 4 heterocycles. The highest BCUT2D eigenvalue weighted by molar-refractivity contribution is 5.92. The molecule has 7 nitrogen and oxygen atoms in total. The van der Waals surface area contributed by atoms with Crippen LogP contribution >= 0.6 is 0 Å². The summed E-state index contributed by atoms with van der Waals surface area (Å²) in [5.41, 5.74) is 0.880. The van der Waals surface area contributed by atoms with E-state index in [1.54, 1.807) is 24.7 Å². The molecule has 2 fully saturated rings. The minimum atomic E-state index is -0.240. The monoisotopic (exact) mass is 320 g/mol. The minimum Gasteiger partial charge on any atom is -0.326 e. The summed E-state index contributed by atoms with van der Waals surface area (Å²) in [5, 5.41) is 4.30. The van der Waals surface area contributed by atoms with E-state index in [0.717, 1.165) is 31.4 Å². The zero-order valence-electron chi connectivity index (χ0n) is 13.0. The van der Waals surface area contributed by atoms with Crippen molar-refractivity contribution in [3.8, 4) is 0 Å². The van der Waals surface area contributed by atoms with E-state index in [0.29, 0.717) is 11.7 Å². The van der Waals surface area contributed by atoms with Gasteiger partial charge in [0.25, 0.3) is 11.7 Å². The number of rotatable bonds is 2. The van der Waals surface area contributed by atoms with Crippen molar-refractivity contribution in [2.45, 2.75) is 24.8 Å². The maximum atomic E-state index is 13.1. The molecule has 0 aromatic carbocycles. The second-order valence-corrected chi connectivity index (χ2v) is 6.45. The summed E-state index contributed by atoms with van der Waals surface area (Å²) in [7, 11) is 0. The largest absolute Gasteiger partial charge is 0.326 e. The topological polar surface area (TPSA) is 76.3 Å². The van der Waals surface area contributed by atoms with E-state index in [1.807, 2.05) is 17.2 Å². The molecule has 1 amide bonds. The molecular weight excluding hydrogens is 304 g/mol. The summed E-state index contributed by atoms with van der Waals surface area (Å²) in [4.78, 5) is 27.8. The molecule has 3 aromatic rings. The van der Waals surface area contributed by atoms with Gasteiger partial charge in [-0.15, -0.1) is 5.10 Å². The number of hydrogen-bond acceptors (Lipinski definition) is 5. The average molecular weight is 320 g/mol. The summed E-state index contributed by atoms with van der Waals surface area (Å²) in [5.74, 6) is 1.04. The first kappa shape index (κ1) is 13.6. The van der Waals surface area contributed by atoms with Gasteiger partial charge in [-0.2, -0.15) is 4.98 Å². The number of amides is 1. The third kappa shape index (κ3) is 1.69. The Bertz CT molecular complexity index is 890. The van der Waals surface area contributed by atoms with Gasteiger partial charge in [0.15, 0.2) is 0 Å². The lowest BCUT2D eigenvalue weighted by atomic mass is 9.64. The second-order valence-electron chi connectivity index (χ2n) is 6.45. The Hall–Kier alpha value is -2.83. The van der Waals surface area contributed by atoms with Gasteiger partial charge in [-0.3, -0.25) is 9.78 Å². The smallest absolute Gasteiger partial charge is 0.294 e. The minimum absolute atomic E-state index is 0.119. The third-order valence-electron chi connectivity index (χ3n) is 5.45. The Morgan fingerprint density at radius 2 is 2.21 bits per heavy atom. The van der Waals surface area contributed by atoms with Crippen molar-refractivity contribution in [3.05, 3.63) is 54.4 Å². The Labute approximate surface area is 138 Å². The molecule has 0 bridgehead atoms. The molecule has 0 N–H and O–H groups in total. The number of hydrogen-bond donors (Lipinski definition) is 0. The highest BCUT2D eigenvalue weighted by Crippen LogP contribution is 2.56. The van der Waals surface area contributed by atoms with Crippen LogP contribution in [0.15, 0.2) is 43.0 Å².